The molecule has 2 aliphatic carbocycles. The summed E-state index contributed by atoms with van der Waals surface area (Å²) >= 11 is 0. The van der Waals surface area contributed by atoms with Crippen molar-refractivity contribution in [2.45, 2.75) is 78.7 Å². The maximum atomic E-state index is 11.3. The Kier molecular flexibility index (Phi) is 17.8. The van der Waals surface area contributed by atoms with Crippen molar-refractivity contribution in [3.63, 3.8) is 0 Å². The van der Waals surface area contributed by atoms with Crippen LogP contribution in [0.15, 0.2) is 38.5 Å². The van der Waals surface area contributed by atoms with Gasteiger partial charge in [-0.3, -0.25) is 0 Å². The van der Waals surface area contributed by atoms with Crippen molar-refractivity contribution in [3.05, 3.63) is 38.5 Å². The van der Waals surface area contributed by atoms with Crippen LogP contribution < -0.4 is 0 Å². The average molecular weight is 455 g/mol. The van der Waals surface area contributed by atoms with Crippen LogP contribution >= 0.6 is 0 Å². The second-order valence-electron chi connectivity index (χ2n) is 8.62. The van der Waals surface area contributed by atoms with E-state index in [2.05, 4.69) is 54.0 Å². The van der Waals surface area contributed by atoms with Crippen LogP contribution in [0.1, 0.15) is 72.6 Å². The summed E-state index contributed by atoms with van der Waals surface area (Å²) in [7, 11) is 0. The lowest BCUT2D eigenvalue weighted by molar-refractivity contribution is -0.150. The van der Waals surface area contributed by atoms with Gasteiger partial charge in [0.15, 0.2) is 0 Å². The number of rotatable bonds is 9. The van der Waals surface area contributed by atoms with Crippen molar-refractivity contribution in [1.82, 2.24) is 0 Å². The van der Waals surface area contributed by atoms with Crippen LogP contribution in [0.5, 0.6) is 0 Å². The standard InChI is InChI=1S/C13H20O2.C9H16O2.C2H6O2.C2H4/c1-5-11(14)15-10-8-9-6-7-13(10,4)12(9,2)3;1-3-5-6-7-8-11-9(10)4-2;3-1-2-4;1-2/h5,9-10H,1,6-8H2,2-4H3;4H,2-3,5-8H2,1H3;3-4H,1-2H2;1-2H2/t9-,10-,13+;;;/m0.../s1. The predicted molar refractivity (Wildman–Crippen MR) is 130 cm³/mol. The molecule has 2 aliphatic rings. The summed E-state index contributed by atoms with van der Waals surface area (Å²) in [5, 5.41) is 15.2. The molecule has 2 bridgehead atoms. The average Bonchev–Trinajstić information content (AvgIpc) is 3.14. The van der Waals surface area contributed by atoms with Gasteiger partial charge >= 0.3 is 11.9 Å². The van der Waals surface area contributed by atoms with Gasteiger partial charge in [0.2, 0.25) is 0 Å². The van der Waals surface area contributed by atoms with Crippen LogP contribution in [-0.2, 0) is 19.1 Å². The molecule has 0 radical (unpaired) electrons. The highest BCUT2D eigenvalue weighted by Gasteiger charge is 2.62. The van der Waals surface area contributed by atoms with Crippen molar-refractivity contribution in [1.29, 1.82) is 0 Å². The lowest BCUT2D eigenvalue weighted by Gasteiger charge is -2.38. The summed E-state index contributed by atoms with van der Waals surface area (Å²) in [6.07, 6.45) is 10.6. The van der Waals surface area contributed by atoms with Gasteiger partial charge in [-0.05, 0) is 37.0 Å². The molecule has 0 saturated heterocycles. The third-order valence-corrected chi connectivity index (χ3v) is 6.65. The van der Waals surface area contributed by atoms with Crippen LogP contribution in [0, 0.1) is 16.7 Å². The van der Waals surface area contributed by atoms with E-state index in [9.17, 15) is 9.59 Å². The van der Waals surface area contributed by atoms with Crippen LogP contribution in [-0.4, -0.2) is 48.1 Å². The number of fused-ring (bicyclic) bond motifs is 2. The zero-order valence-corrected chi connectivity index (χ0v) is 20.7. The molecule has 6 heteroatoms. The summed E-state index contributed by atoms with van der Waals surface area (Å²) in [6.45, 7) is 22.1. The first kappa shape index (κ1) is 32.3. The van der Waals surface area contributed by atoms with E-state index < -0.39 is 0 Å². The Balaban J connectivity index is 0. The molecule has 6 nitrogen and oxygen atoms in total. The summed E-state index contributed by atoms with van der Waals surface area (Å²) in [5.74, 6) is 0.121. The van der Waals surface area contributed by atoms with Crippen molar-refractivity contribution < 1.29 is 29.3 Å². The van der Waals surface area contributed by atoms with Gasteiger partial charge in [-0.2, -0.15) is 0 Å². The lowest BCUT2D eigenvalue weighted by Crippen LogP contribution is -2.38. The van der Waals surface area contributed by atoms with Crippen molar-refractivity contribution in [2.24, 2.45) is 16.7 Å². The number of carbonyl (C=O) groups is 2. The minimum absolute atomic E-state index is 0.0942. The maximum Gasteiger partial charge on any atom is 0.330 e. The Labute approximate surface area is 195 Å². The molecule has 0 heterocycles. The highest BCUT2D eigenvalue weighted by atomic mass is 16.5. The number of hydrogen-bond acceptors (Lipinski definition) is 6. The van der Waals surface area contributed by atoms with Gasteiger partial charge in [-0.15, -0.1) is 13.2 Å². The van der Waals surface area contributed by atoms with Gasteiger partial charge < -0.3 is 19.7 Å². The Bertz CT molecular complexity index is 555. The molecule has 0 aromatic heterocycles. The number of unbranched alkanes of at least 4 members (excludes halogenated alkanes) is 3. The number of esters is 2. The second kappa shape index (κ2) is 17.6. The fraction of sp³-hybridized carbons (Fsp3) is 0.692. The first-order chi connectivity index (χ1) is 15.1. The highest BCUT2D eigenvalue weighted by molar-refractivity contribution is 5.81. The van der Waals surface area contributed by atoms with Gasteiger partial charge in [0.25, 0.3) is 0 Å². The van der Waals surface area contributed by atoms with Crippen LogP contribution in [0.25, 0.3) is 0 Å². The van der Waals surface area contributed by atoms with Gasteiger partial charge in [0.05, 0.1) is 19.8 Å². The first-order valence-electron chi connectivity index (χ1n) is 11.5. The molecule has 0 aromatic carbocycles. The molecular formula is C26H46O6. The molecule has 0 aromatic rings. The Morgan fingerprint density at radius 1 is 1.00 bits per heavy atom. The molecule has 186 valence electrons. The van der Waals surface area contributed by atoms with Crippen LogP contribution in [0.3, 0.4) is 0 Å². The van der Waals surface area contributed by atoms with E-state index in [1.807, 2.05) is 0 Å². The molecule has 0 aliphatic heterocycles. The van der Waals surface area contributed by atoms with Crippen LogP contribution in [0.4, 0.5) is 0 Å². The third-order valence-electron chi connectivity index (χ3n) is 6.65. The largest absolute Gasteiger partial charge is 0.463 e. The van der Waals surface area contributed by atoms with E-state index in [-0.39, 0.29) is 36.7 Å². The quantitative estimate of drug-likeness (QED) is 0.220. The zero-order chi connectivity index (χ0) is 25.2. The molecule has 0 spiro atoms. The SMILES string of the molecule is C=C.C=CC(=O)OCCCCCC.C=CC(=O)O[C@H]1C[C@@H]2CC[C@@]1(C)C2(C)C.OCCO. The molecule has 0 unspecified atom stereocenters. The van der Waals surface area contributed by atoms with Crippen molar-refractivity contribution in [3.8, 4) is 0 Å². The summed E-state index contributed by atoms with van der Waals surface area (Å²) in [4.78, 5) is 21.8. The van der Waals surface area contributed by atoms with E-state index in [1.165, 1.54) is 37.8 Å². The number of aliphatic hydroxyl groups is 2. The second-order valence-corrected chi connectivity index (χ2v) is 8.62. The minimum atomic E-state index is -0.318. The Morgan fingerprint density at radius 2 is 1.56 bits per heavy atom. The molecule has 2 rings (SSSR count). The molecule has 0 amide bonds. The summed E-state index contributed by atoms with van der Waals surface area (Å²) in [6, 6.07) is 0. The number of carbonyl (C=O) groups excluding carboxylic acids is 2. The van der Waals surface area contributed by atoms with Gasteiger partial charge in [-0.1, -0.05) is 60.1 Å². The van der Waals surface area contributed by atoms with E-state index in [4.69, 9.17) is 19.7 Å². The fourth-order valence-corrected chi connectivity index (χ4v) is 4.26. The number of ether oxygens (including phenoxy) is 2. The number of aliphatic hydroxyl groups excluding tert-OH is 2. The molecular weight excluding hydrogens is 408 g/mol. The van der Waals surface area contributed by atoms with E-state index in [1.54, 1.807) is 0 Å². The van der Waals surface area contributed by atoms with Crippen LogP contribution in [0.2, 0.25) is 0 Å². The van der Waals surface area contributed by atoms with E-state index in [0.717, 1.165) is 19.3 Å². The van der Waals surface area contributed by atoms with Gasteiger partial charge in [0.1, 0.15) is 6.10 Å². The Morgan fingerprint density at radius 3 is 1.94 bits per heavy atom. The summed E-state index contributed by atoms with van der Waals surface area (Å²) < 4.78 is 10.3. The van der Waals surface area contributed by atoms with Crippen molar-refractivity contribution >= 4 is 11.9 Å². The minimum Gasteiger partial charge on any atom is -0.463 e. The lowest BCUT2D eigenvalue weighted by atomic mass is 9.70. The smallest absolute Gasteiger partial charge is 0.330 e. The van der Waals surface area contributed by atoms with Crippen molar-refractivity contribution in [2.75, 3.05) is 19.8 Å². The number of hydrogen-bond donors (Lipinski definition) is 2. The fourth-order valence-electron chi connectivity index (χ4n) is 4.26. The van der Waals surface area contributed by atoms with E-state index in [0.29, 0.717) is 17.9 Å². The molecule has 2 fully saturated rings. The third kappa shape index (κ3) is 10.1. The summed E-state index contributed by atoms with van der Waals surface area (Å²) in [5.41, 5.74) is 0.468. The van der Waals surface area contributed by atoms with E-state index >= 15 is 0 Å². The Hall–Kier alpha value is -1.92. The monoisotopic (exact) mass is 454 g/mol. The molecule has 2 N–H and O–H groups in total. The van der Waals surface area contributed by atoms with Gasteiger partial charge in [-0.25, -0.2) is 9.59 Å². The van der Waals surface area contributed by atoms with Gasteiger partial charge in [0, 0.05) is 17.6 Å². The molecule has 32 heavy (non-hydrogen) atoms. The normalized spacial score (nSPS) is 23.7. The zero-order valence-electron chi connectivity index (χ0n) is 20.7. The predicted octanol–water partition coefficient (Wildman–Crippen LogP) is 5.00. The first-order valence-corrected chi connectivity index (χ1v) is 11.5. The molecule has 2 saturated carbocycles. The highest BCUT2D eigenvalue weighted by Crippen LogP contribution is 2.66. The maximum absolute atomic E-state index is 11.3. The molecule has 3 atom stereocenters. The topological polar surface area (TPSA) is 93.1 Å².